The minimum absolute atomic E-state index is 0.294. The van der Waals surface area contributed by atoms with Crippen molar-refractivity contribution in [2.45, 2.75) is 77.8 Å². The Bertz CT molecular complexity index is 426. The molecular formula is C16H32N2O2S. The summed E-state index contributed by atoms with van der Waals surface area (Å²) < 4.78 is 25.8. The van der Waals surface area contributed by atoms with Gasteiger partial charge in [0.2, 0.25) is 10.0 Å². The molecule has 1 unspecified atom stereocenters. The summed E-state index contributed by atoms with van der Waals surface area (Å²) in [6, 6.07) is 1.12. The maximum atomic E-state index is 12.1. The van der Waals surface area contributed by atoms with E-state index in [9.17, 15) is 8.42 Å². The van der Waals surface area contributed by atoms with E-state index in [-0.39, 0.29) is 0 Å². The second kappa shape index (κ2) is 6.97. The van der Waals surface area contributed by atoms with Crippen LogP contribution in [-0.4, -0.2) is 43.6 Å². The number of hydrogen-bond donors (Lipinski definition) is 1. The molecule has 1 heterocycles. The molecule has 1 aliphatic heterocycles. The first-order valence-corrected chi connectivity index (χ1v) is 10.2. The molecule has 5 heteroatoms. The van der Waals surface area contributed by atoms with E-state index in [2.05, 4.69) is 19.2 Å². The van der Waals surface area contributed by atoms with E-state index in [4.69, 9.17) is 0 Å². The van der Waals surface area contributed by atoms with Gasteiger partial charge in [0.25, 0.3) is 0 Å². The summed E-state index contributed by atoms with van der Waals surface area (Å²) in [6.45, 7) is 8.03. The summed E-state index contributed by atoms with van der Waals surface area (Å²) in [4.78, 5) is 0. The molecule has 0 bridgehead atoms. The number of sulfonamides is 1. The molecule has 1 atom stereocenters. The fourth-order valence-electron chi connectivity index (χ4n) is 3.86. The highest BCUT2D eigenvalue weighted by Gasteiger charge is 2.31. The van der Waals surface area contributed by atoms with Gasteiger partial charge in [-0.3, -0.25) is 0 Å². The van der Waals surface area contributed by atoms with Crippen LogP contribution in [0.5, 0.6) is 0 Å². The van der Waals surface area contributed by atoms with Gasteiger partial charge in [0, 0.05) is 25.2 Å². The fourth-order valence-corrected chi connectivity index (χ4v) is 5.40. The van der Waals surface area contributed by atoms with Crippen molar-refractivity contribution < 1.29 is 8.42 Å². The molecular weight excluding hydrogens is 284 g/mol. The van der Waals surface area contributed by atoms with E-state index in [0.29, 0.717) is 42.8 Å². The van der Waals surface area contributed by atoms with Crippen LogP contribution in [0.25, 0.3) is 0 Å². The molecule has 0 radical (unpaired) electrons. The lowest BCUT2D eigenvalue weighted by atomic mass is 9.75. The molecule has 0 spiro atoms. The highest BCUT2D eigenvalue weighted by Crippen LogP contribution is 2.35. The van der Waals surface area contributed by atoms with E-state index in [1.54, 1.807) is 4.31 Å². The first-order valence-electron chi connectivity index (χ1n) is 8.56. The first kappa shape index (κ1) is 17.2. The lowest BCUT2D eigenvalue weighted by Gasteiger charge is -2.39. The highest BCUT2D eigenvalue weighted by atomic mass is 32.2. The summed E-state index contributed by atoms with van der Waals surface area (Å²) in [5.41, 5.74) is 0.459. The van der Waals surface area contributed by atoms with Crippen LogP contribution in [0, 0.1) is 5.41 Å². The van der Waals surface area contributed by atoms with E-state index in [1.807, 2.05) is 6.92 Å². The van der Waals surface area contributed by atoms with E-state index in [0.717, 1.165) is 12.8 Å². The van der Waals surface area contributed by atoms with E-state index in [1.165, 1.54) is 25.7 Å². The van der Waals surface area contributed by atoms with Crippen molar-refractivity contribution >= 4 is 10.0 Å². The smallest absolute Gasteiger partial charge is 0.214 e. The Morgan fingerprint density at radius 2 is 1.81 bits per heavy atom. The molecule has 1 saturated heterocycles. The summed E-state index contributed by atoms with van der Waals surface area (Å²) in [6.07, 6.45) is 7.80. The van der Waals surface area contributed by atoms with Crippen molar-refractivity contribution in [3.8, 4) is 0 Å². The molecule has 2 rings (SSSR count). The van der Waals surface area contributed by atoms with Crippen molar-refractivity contribution in [1.82, 2.24) is 9.62 Å². The van der Waals surface area contributed by atoms with Gasteiger partial charge in [-0.15, -0.1) is 0 Å². The van der Waals surface area contributed by atoms with E-state index < -0.39 is 10.0 Å². The van der Waals surface area contributed by atoms with Gasteiger partial charge in [0.15, 0.2) is 0 Å². The molecule has 0 aromatic rings. The Kier molecular flexibility index (Phi) is 5.71. The van der Waals surface area contributed by atoms with Gasteiger partial charge in [-0.2, -0.15) is 0 Å². The predicted octanol–water partition coefficient (Wildman–Crippen LogP) is 2.75. The molecule has 4 nitrogen and oxygen atoms in total. The Morgan fingerprint density at radius 3 is 2.38 bits per heavy atom. The van der Waals surface area contributed by atoms with Gasteiger partial charge >= 0.3 is 0 Å². The maximum absolute atomic E-state index is 12.1. The van der Waals surface area contributed by atoms with Gasteiger partial charge in [-0.05, 0) is 43.9 Å². The van der Waals surface area contributed by atoms with Gasteiger partial charge in [-0.25, -0.2) is 12.7 Å². The van der Waals surface area contributed by atoms with Crippen LogP contribution < -0.4 is 5.32 Å². The Balaban J connectivity index is 1.79. The maximum Gasteiger partial charge on any atom is 0.214 e. The number of nitrogens with zero attached hydrogens (tertiary/aromatic N) is 1. The second-order valence-electron chi connectivity index (χ2n) is 7.61. The average molecular weight is 317 g/mol. The SMILES string of the molecule is CCCS(=O)(=O)N1CCC(NC2CCCC(C)(C)C2)CC1. The Morgan fingerprint density at radius 1 is 1.14 bits per heavy atom. The molecule has 124 valence electrons. The van der Waals surface area contributed by atoms with Crippen molar-refractivity contribution in [3.63, 3.8) is 0 Å². The zero-order chi connectivity index (χ0) is 15.5. The van der Waals surface area contributed by atoms with Gasteiger partial charge in [-0.1, -0.05) is 27.2 Å². The van der Waals surface area contributed by atoms with Gasteiger partial charge in [0.1, 0.15) is 0 Å². The van der Waals surface area contributed by atoms with Gasteiger partial charge < -0.3 is 5.32 Å². The molecule has 21 heavy (non-hydrogen) atoms. The number of piperidine rings is 1. The van der Waals surface area contributed by atoms with Crippen molar-refractivity contribution in [1.29, 1.82) is 0 Å². The summed E-state index contributed by atoms with van der Waals surface area (Å²) >= 11 is 0. The molecule has 1 aliphatic carbocycles. The fraction of sp³-hybridized carbons (Fsp3) is 1.00. The third-order valence-corrected chi connectivity index (χ3v) is 7.06. The van der Waals surface area contributed by atoms with Crippen LogP contribution >= 0.6 is 0 Å². The van der Waals surface area contributed by atoms with Crippen LogP contribution in [0.15, 0.2) is 0 Å². The number of nitrogens with one attached hydrogen (secondary N) is 1. The minimum atomic E-state index is -3.00. The quantitative estimate of drug-likeness (QED) is 0.848. The topological polar surface area (TPSA) is 49.4 Å². The molecule has 2 fully saturated rings. The number of hydrogen-bond acceptors (Lipinski definition) is 3. The second-order valence-corrected chi connectivity index (χ2v) is 9.70. The molecule has 1 N–H and O–H groups in total. The van der Waals surface area contributed by atoms with Crippen LogP contribution in [0.4, 0.5) is 0 Å². The van der Waals surface area contributed by atoms with E-state index >= 15 is 0 Å². The standard InChI is InChI=1S/C16H32N2O2S/c1-4-12-21(19,20)18-10-7-14(8-11-18)17-15-6-5-9-16(2,3)13-15/h14-15,17H,4-13H2,1-3H3. The summed E-state index contributed by atoms with van der Waals surface area (Å²) in [7, 11) is -3.00. The van der Waals surface area contributed by atoms with Crippen LogP contribution in [0.3, 0.4) is 0 Å². The van der Waals surface area contributed by atoms with Gasteiger partial charge in [0.05, 0.1) is 5.75 Å². The third-order valence-electron chi connectivity index (χ3n) is 4.99. The predicted molar refractivity (Wildman–Crippen MR) is 87.8 cm³/mol. The summed E-state index contributed by atoms with van der Waals surface area (Å²) in [5.74, 6) is 0.294. The first-order chi connectivity index (χ1) is 9.82. The van der Waals surface area contributed by atoms with Crippen LogP contribution in [-0.2, 0) is 10.0 Å². The Hall–Kier alpha value is -0.130. The minimum Gasteiger partial charge on any atom is -0.311 e. The molecule has 0 aromatic heterocycles. The monoisotopic (exact) mass is 316 g/mol. The third kappa shape index (κ3) is 4.93. The van der Waals surface area contributed by atoms with Crippen molar-refractivity contribution in [2.24, 2.45) is 5.41 Å². The highest BCUT2D eigenvalue weighted by molar-refractivity contribution is 7.89. The average Bonchev–Trinajstić information content (AvgIpc) is 2.38. The molecule has 1 saturated carbocycles. The lowest BCUT2D eigenvalue weighted by molar-refractivity contribution is 0.174. The van der Waals surface area contributed by atoms with Crippen LogP contribution in [0.1, 0.15) is 65.7 Å². The molecule has 0 amide bonds. The number of rotatable bonds is 5. The van der Waals surface area contributed by atoms with Crippen molar-refractivity contribution in [2.75, 3.05) is 18.8 Å². The largest absolute Gasteiger partial charge is 0.311 e. The molecule has 0 aromatic carbocycles. The summed E-state index contributed by atoms with van der Waals surface area (Å²) in [5, 5.41) is 3.80. The zero-order valence-electron chi connectivity index (χ0n) is 13.9. The molecule has 2 aliphatic rings. The van der Waals surface area contributed by atoms with Crippen LogP contribution in [0.2, 0.25) is 0 Å². The zero-order valence-corrected chi connectivity index (χ0v) is 14.7. The Labute approximate surface area is 130 Å². The van der Waals surface area contributed by atoms with Crippen molar-refractivity contribution in [3.05, 3.63) is 0 Å². The normalized spacial score (nSPS) is 28.6. The lowest BCUT2D eigenvalue weighted by Crippen LogP contribution is -2.49.